The molecule has 0 aliphatic carbocycles. The maximum Gasteiger partial charge on any atom is 0.147 e. The third kappa shape index (κ3) is 3.05. The molecule has 1 aromatic heterocycles. The van der Waals surface area contributed by atoms with Crippen LogP contribution in [0, 0.1) is 17.1 Å². The van der Waals surface area contributed by atoms with Crippen molar-refractivity contribution in [2.45, 2.75) is 6.54 Å². The Morgan fingerprint density at radius 3 is 2.83 bits per heavy atom. The number of nitrogens with one attached hydrogen (secondary N) is 1. The van der Waals surface area contributed by atoms with E-state index in [1.54, 1.807) is 12.1 Å². The lowest BCUT2D eigenvalue weighted by Crippen LogP contribution is -2.03. The van der Waals surface area contributed by atoms with Crippen molar-refractivity contribution in [1.29, 1.82) is 5.26 Å². The molecule has 18 heavy (non-hydrogen) atoms. The number of benzene rings is 1. The number of hydrogen-bond donors (Lipinski definition) is 1. The number of aromatic nitrogens is 1. The molecule has 0 atom stereocenters. The van der Waals surface area contributed by atoms with Crippen molar-refractivity contribution in [3.8, 4) is 6.07 Å². The molecule has 0 fully saturated rings. The molecule has 0 aliphatic rings. The summed E-state index contributed by atoms with van der Waals surface area (Å²) in [5, 5.41) is 11.6. The van der Waals surface area contributed by atoms with Gasteiger partial charge in [0.15, 0.2) is 0 Å². The van der Waals surface area contributed by atoms with E-state index in [-0.39, 0.29) is 0 Å². The molecule has 0 saturated carbocycles. The topological polar surface area (TPSA) is 48.7 Å². The van der Waals surface area contributed by atoms with E-state index >= 15 is 0 Å². The van der Waals surface area contributed by atoms with Crippen LogP contribution in [0.5, 0.6) is 0 Å². The van der Waals surface area contributed by atoms with E-state index in [0.29, 0.717) is 17.8 Å². The molecule has 0 amide bonds. The summed E-state index contributed by atoms with van der Waals surface area (Å²) in [5.41, 5.74) is 1.46. The third-order valence-corrected chi connectivity index (χ3v) is 2.77. The largest absolute Gasteiger partial charge is 0.377 e. The fourth-order valence-electron chi connectivity index (χ4n) is 1.46. The van der Waals surface area contributed by atoms with Crippen LogP contribution in [0.3, 0.4) is 0 Å². The maximum atomic E-state index is 13.6. The van der Waals surface area contributed by atoms with Crippen molar-refractivity contribution in [1.82, 2.24) is 4.98 Å². The highest BCUT2D eigenvalue weighted by Crippen LogP contribution is 2.16. The summed E-state index contributed by atoms with van der Waals surface area (Å²) in [6.45, 7) is 0.419. The number of nitriles is 1. The van der Waals surface area contributed by atoms with Gasteiger partial charge in [0.1, 0.15) is 10.4 Å². The molecule has 0 spiro atoms. The first-order valence-corrected chi connectivity index (χ1v) is 6.03. The van der Waals surface area contributed by atoms with Gasteiger partial charge in [-0.1, -0.05) is 6.07 Å². The molecule has 0 bridgehead atoms. The molecule has 0 saturated heterocycles. The van der Waals surface area contributed by atoms with Crippen LogP contribution in [0.1, 0.15) is 11.3 Å². The zero-order chi connectivity index (χ0) is 13.0. The van der Waals surface area contributed by atoms with Crippen LogP contribution < -0.4 is 5.32 Å². The van der Waals surface area contributed by atoms with E-state index in [2.05, 4.69) is 26.2 Å². The van der Waals surface area contributed by atoms with Crippen molar-refractivity contribution >= 4 is 21.6 Å². The van der Waals surface area contributed by atoms with Gasteiger partial charge in [0.05, 0.1) is 29.6 Å². The van der Waals surface area contributed by atoms with Gasteiger partial charge in [-0.2, -0.15) is 5.26 Å². The fraction of sp³-hybridized carbons (Fsp3) is 0.0769. The second kappa shape index (κ2) is 5.61. The lowest BCUT2D eigenvalue weighted by atomic mass is 10.2. The Morgan fingerprint density at radius 2 is 2.17 bits per heavy atom. The van der Waals surface area contributed by atoms with Gasteiger partial charge in [0.2, 0.25) is 0 Å². The zero-order valence-electron chi connectivity index (χ0n) is 9.32. The average Bonchev–Trinajstić information content (AvgIpc) is 2.37. The SMILES string of the molecule is N#Cc1ccc(NCc2cccc(Br)n2)c(F)c1. The molecule has 5 heteroatoms. The second-order valence-electron chi connectivity index (χ2n) is 3.61. The normalized spacial score (nSPS) is 9.83. The van der Waals surface area contributed by atoms with Crippen LogP contribution in [0.2, 0.25) is 0 Å². The Hall–Kier alpha value is -1.93. The van der Waals surface area contributed by atoms with Crippen LogP contribution in [-0.4, -0.2) is 4.98 Å². The maximum absolute atomic E-state index is 13.6. The van der Waals surface area contributed by atoms with Crippen molar-refractivity contribution in [3.63, 3.8) is 0 Å². The van der Waals surface area contributed by atoms with Crippen LogP contribution in [0.25, 0.3) is 0 Å². The summed E-state index contributed by atoms with van der Waals surface area (Å²) in [5.74, 6) is -0.441. The van der Waals surface area contributed by atoms with Crippen LogP contribution >= 0.6 is 15.9 Å². The molecule has 0 radical (unpaired) electrons. The van der Waals surface area contributed by atoms with Crippen molar-refractivity contribution in [2.75, 3.05) is 5.32 Å². The van der Waals surface area contributed by atoms with E-state index in [1.807, 2.05) is 24.3 Å². The van der Waals surface area contributed by atoms with E-state index in [0.717, 1.165) is 10.3 Å². The number of hydrogen-bond acceptors (Lipinski definition) is 3. The number of nitrogens with zero attached hydrogens (tertiary/aromatic N) is 2. The van der Waals surface area contributed by atoms with Crippen LogP contribution in [-0.2, 0) is 6.54 Å². The van der Waals surface area contributed by atoms with Gasteiger partial charge in [0.25, 0.3) is 0 Å². The molecule has 2 rings (SSSR count). The Bertz CT molecular complexity index is 607. The highest BCUT2D eigenvalue weighted by atomic mass is 79.9. The Kier molecular flexibility index (Phi) is 3.90. The molecule has 1 N–H and O–H groups in total. The Labute approximate surface area is 112 Å². The fourth-order valence-corrected chi connectivity index (χ4v) is 1.84. The first kappa shape index (κ1) is 12.5. The minimum absolute atomic E-state index is 0.304. The smallest absolute Gasteiger partial charge is 0.147 e. The monoisotopic (exact) mass is 305 g/mol. The first-order valence-electron chi connectivity index (χ1n) is 5.24. The molecular weight excluding hydrogens is 297 g/mol. The van der Waals surface area contributed by atoms with Gasteiger partial charge in [-0.25, -0.2) is 9.37 Å². The zero-order valence-corrected chi connectivity index (χ0v) is 10.9. The quantitative estimate of drug-likeness (QED) is 0.883. The molecular formula is C13H9BrFN3. The standard InChI is InChI=1S/C13H9BrFN3/c14-13-3-1-2-10(18-13)8-17-12-5-4-9(7-16)6-11(12)15/h1-6,17H,8H2. The van der Waals surface area contributed by atoms with Crippen molar-refractivity contribution in [3.05, 3.63) is 58.1 Å². The number of anilines is 1. The van der Waals surface area contributed by atoms with Gasteiger partial charge in [-0.15, -0.1) is 0 Å². The lowest BCUT2D eigenvalue weighted by Gasteiger charge is -2.07. The Balaban J connectivity index is 2.09. The molecule has 1 heterocycles. The highest BCUT2D eigenvalue weighted by Gasteiger charge is 2.03. The molecule has 0 unspecified atom stereocenters. The minimum atomic E-state index is -0.441. The summed E-state index contributed by atoms with van der Waals surface area (Å²) in [4.78, 5) is 4.23. The highest BCUT2D eigenvalue weighted by molar-refractivity contribution is 9.10. The summed E-state index contributed by atoms with van der Waals surface area (Å²) in [7, 11) is 0. The molecule has 0 aliphatic heterocycles. The van der Waals surface area contributed by atoms with Crippen LogP contribution in [0.4, 0.5) is 10.1 Å². The van der Waals surface area contributed by atoms with Crippen LogP contribution in [0.15, 0.2) is 41.0 Å². The number of pyridine rings is 1. The predicted molar refractivity (Wildman–Crippen MR) is 70.4 cm³/mol. The average molecular weight is 306 g/mol. The molecule has 1 aromatic carbocycles. The van der Waals surface area contributed by atoms with Gasteiger partial charge < -0.3 is 5.32 Å². The van der Waals surface area contributed by atoms with Crippen molar-refractivity contribution in [2.24, 2.45) is 0 Å². The summed E-state index contributed by atoms with van der Waals surface area (Å²) >= 11 is 3.27. The van der Waals surface area contributed by atoms with Gasteiger partial charge in [0, 0.05) is 0 Å². The van der Waals surface area contributed by atoms with E-state index in [1.165, 1.54) is 6.07 Å². The number of rotatable bonds is 3. The van der Waals surface area contributed by atoms with Crippen molar-refractivity contribution < 1.29 is 4.39 Å². The summed E-state index contributed by atoms with van der Waals surface area (Å²) < 4.78 is 14.3. The molecule has 3 nitrogen and oxygen atoms in total. The summed E-state index contributed by atoms with van der Waals surface area (Å²) in [6, 6.07) is 11.7. The second-order valence-corrected chi connectivity index (χ2v) is 4.42. The molecule has 2 aromatic rings. The van der Waals surface area contributed by atoms with E-state index in [4.69, 9.17) is 5.26 Å². The van der Waals surface area contributed by atoms with Gasteiger partial charge in [-0.05, 0) is 46.3 Å². The lowest BCUT2D eigenvalue weighted by molar-refractivity contribution is 0.629. The van der Waals surface area contributed by atoms with Gasteiger partial charge >= 0.3 is 0 Å². The van der Waals surface area contributed by atoms with Gasteiger partial charge in [-0.3, -0.25) is 0 Å². The summed E-state index contributed by atoms with van der Waals surface area (Å²) in [6.07, 6.45) is 0. The number of halogens is 2. The van der Waals surface area contributed by atoms with E-state index < -0.39 is 5.82 Å². The Morgan fingerprint density at radius 1 is 1.33 bits per heavy atom. The predicted octanol–water partition coefficient (Wildman–Crippen LogP) is 3.47. The minimum Gasteiger partial charge on any atom is -0.377 e. The molecule has 90 valence electrons. The third-order valence-electron chi connectivity index (χ3n) is 2.33. The van der Waals surface area contributed by atoms with E-state index in [9.17, 15) is 4.39 Å². The first-order chi connectivity index (χ1) is 8.69.